The lowest BCUT2D eigenvalue weighted by atomic mass is 9.97. The van der Waals surface area contributed by atoms with E-state index in [-0.39, 0.29) is 10.8 Å². The molecule has 4 aromatic rings. The monoisotopic (exact) mass is 456 g/mol. The fourth-order valence-corrected chi connectivity index (χ4v) is 4.63. The van der Waals surface area contributed by atoms with Crippen molar-refractivity contribution in [3.63, 3.8) is 0 Å². The number of rotatable bonds is 9. The van der Waals surface area contributed by atoms with Crippen molar-refractivity contribution in [3.8, 4) is 5.75 Å². The van der Waals surface area contributed by atoms with Crippen LogP contribution in [0.3, 0.4) is 0 Å². The first-order valence-electron chi connectivity index (χ1n) is 10.6. The number of carbonyl (C=O) groups is 1. The van der Waals surface area contributed by atoms with Gasteiger partial charge >= 0.3 is 5.97 Å². The maximum Gasteiger partial charge on any atom is 0.336 e. The molecule has 0 radical (unpaired) electrons. The Morgan fingerprint density at radius 1 is 0.727 bits per heavy atom. The molecular formula is C28H24O4S. The average molecular weight is 457 g/mol. The topological polar surface area (TPSA) is 55.8 Å². The van der Waals surface area contributed by atoms with Gasteiger partial charge in [0.05, 0.1) is 17.9 Å². The van der Waals surface area contributed by atoms with Crippen LogP contribution in [0.4, 0.5) is 0 Å². The summed E-state index contributed by atoms with van der Waals surface area (Å²) in [6, 6.07) is 34.8. The second-order valence-corrected chi connectivity index (χ2v) is 8.30. The van der Waals surface area contributed by atoms with E-state index in [2.05, 4.69) is 24.3 Å². The zero-order chi connectivity index (χ0) is 23.0. The fraction of sp³-hybridized carbons (Fsp3) is 0.107. The summed E-state index contributed by atoms with van der Waals surface area (Å²) in [5.41, 5.74) is 3.87. The normalized spacial score (nSPS) is 11.8. The molecule has 0 fully saturated rings. The maximum absolute atomic E-state index is 12.0. The molecule has 1 atom stereocenters. The van der Waals surface area contributed by atoms with Crippen LogP contribution >= 0.6 is 12.0 Å². The van der Waals surface area contributed by atoms with Crippen molar-refractivity contribution in [2.75, 3.05) is 7.11 Å². The van der Waals surface area contributed by atoms with Crippen LogP contribution in [0.15, 0.2) is 109 Å². The molecule has 1 unspecified atom stereocenters. The Kier molecular flexibility index (Phi) is 7.45. The molecule has 1 N–H and O–H groups in total. The minimum absolute atomic E-state index is 0.0786. The minimum atomic E-state index is -0.986. The summed E-state index contributed by atoms with van der Waals surface area (Å²) in [4.78, 5) is 12.0. The van der Waals surface area contributed by atoms with E-state index in [0.717, 1.165) is 22.4 Å². The number of methoxy groups -OCH3 is 1. The molecule has 166 valence electrons. The zero-order valence-electron chi connectivity index (χ0n) is 18.1. The number of hydrogen-bond donors (Lipinski definition) is 1. The van der Waals surface area contributed by atoms with Crippen LogP contribution in [-0.4, -0.2) is 18.2 Å². The van der Waals surface area contributed by atoms with E-state index in [0.29, 0.717) is 5.56 Å². The van der Waals surface area contributed by atoms with Gasteiger partial charge in [-0.15, -0.1) is 0 Å². The summed E-state index contributed by atoms with van der Waals surface area (Å²) in [6.45, 7) is 0. The second kappa shape index (κ2) is 10.9. The molecule has 0 spiro atoms. The average Bonchev–Trinajstić information content (AvgIpc) is 2.88. The Morgan fingerprint density at radius 3 is 1.82 bits per heavy atom. The third-order valence-electron chi connectivity index (χ3n) is 5.34. The Labute approximate surface area is 198 Å². The van der Waals surface area contributed by atoms with Gasteiger partial charge in [-0.2, -0.15) is 0 Å². The molecule has 0 aliphatic heterocycles. The van der Waals surface area contributed by atoms with Crippen molar-refractivity contribution in [3.05, 3.63) is 137 Å². The van der Waals surface area contributed by atoms with Gasteiger partial charge in [0.2, 0.25) is 0 Å². The van der Waals surface area contributed by atoms with E-state index in [1.165, 1.54) is 12.0 Å². The third-order valence-corrected chi connectivity index (χ3v) is 6.39. The predicted molar refractivity (Wildman–Crippen MR) is 132 cm³/mol. The zero-order valence-corrected chi connectivity index (χ0v) is 18.9. The fourth-order valence-electron chi connectivity index (χ4n) is 3.66. The molecule has 0 bridgehead atoms. The molecular weight excluding hydrogens is 432 g/mol. The number of aromatic carboxylic acids is 1. The van der Waals surface area contributed by atoms with E-state index in [1.807, 2.05) is 66.7 Å². The number of carboxylic acid groups (broad SMARTS) is 1. The summed E-state index contributed by atoms with van der Waals surface area (Å²) >= 11 is 1.33. The number of benzene rings is 4. The van der Waals surface area contributed by atoms with Crippen molar-refractivity contribution in [1.29, 1.82) is 0 Å². The largest absolute Gasteiger partial charge is 0.497 e. The van der Waals surface area contributed by atoms with Gasteiger partial charge in [-0.1, -0.05) is 91.0 Å². The van der Waals surface area contributed by atoms with Gasteiger partial charge < -0.3 is 14.0 Å². The highest BCUT2D eigenvalue weighted by atomic mass is 32.2. The first kappa shape index (κ1) is 22.6. The molecule has 0 heterocycles. The van der Waals surface area contributed by atoms with Crippen LogP contribution < -0.4 is 4.74 Å². The molecule has 0 saturated carbocycles. The van der Waals surface area contributed by atoms with Gasteiger partial charge in [0.1, 0.15) is 11.9 Å². The van der Waals surface area contributed by atoms with E-state index >= 15 is 0 Å². The summed E-state index contributed by atoms with van der Waals surface area (Å²) < 4.78 is 11.8. The predicted octanol–water partition coefficient (Wildman–Crippen LogP) is 6.94. The summed E-state index contributed by atoms with van der Waals surface area (Å²) in [5.74, 6) is -0.261. The number of carboxylic acids is 1. The SMILES string of the molecule is COc1ccc(C(OSC(c2ccccc2)c2ccccc2)c2ccccc2C(=O)O)cc1. The molecule has 5 heteroatoms. The Hall–Kier alpha value is -3.54. The molecule has 0 amide bonds. The lowest BCUT2D eigenvalue weighted by molar-refractivity contribution is 0.0693. The van der Waals surface area contributed by atoms with Gasteiger partial charge in [-0.3, -0.25) is 0 Å². The molecule has 33 heavy (non-hydrogen) atoms. The van der Waals surface area contributed by atoms with E-state index < -0.39 is 12.1 Å². The van der Waals surface area contributed by atoms with Crippen molar-refractivity contribution < 1.29 is 18.8 Å². The van der Waals surface area contributed by atoms with Crippen LogP contribution in [0.1, 0.15) is 44.0 Å². The summed E-state index contributed by atoms with van der Waals surface area (Å²) in [5, 5.41) is 9.72. The maximum atomic E-state index is 12.0. The van der Waals surface area contributed by atoms with E-state index in [9.17, 15) is 9.90 Å². The van der Waals surface area contributed by atoms with Crippen molar-refractivity contribution in [1.82, 2.24) is 0 Å². The van der Waals surface area contributed by atoms with E-state index in [4.69, 9.17) is 8.92 Å². The lowest BCUT2D eigenvalue weighted by Gasteiger charge is -2.24. The number of hydrogen-bond acceptors (Lipinski definition) is 4. The van der Waals surface area contributed by atoms with Gasteiger partial charge in [-0.25, -0.2) is 4.79 Å². The molecule has 0 aliphatic rings. The molecule has 0 aliphatic carbocycles. The molecule has 4 rings (SSSR count). The molecule has 4 aromatic carbocycles. The van der Waals surface area contributed by atoms with E-state index in [1.54, 1.807) is 25.3 Å². The van der Waals surface area contributed by atoms with Crippen LogP contribution in [0.25, 0.3) is 0 Å². The summed E-state index contributed by atoms with van der Waals surface area (Å²) in [6.07, 6.45) is -0.580. The van der Waals surface area contributed by atoms with Crippen LogP contribution in [0, 0.1) is 0 Å². The van der Waals surface area contributed by atoms with Crippen LogP contribution in [0.5, 0.6) is 5.75 Å². The first-order valence-corrected chi connectivity index (χ1v) is 11.4. The molecule has 4 nitrogen and oxygen atoms in total. The minimum Gasteiger partial charge on any atom is -0.497 e. The second-order valence-electron chi connectivity index (χ2n) is 7.44. The highest BCUT2D eigenvalue weighted by molar-refractivity contribution is 7.95. The van der Waals surface area contributed by atoms with Gasteiger partial charge in [-0.05, 0) is 34.9 Å². The number of ether oxygens (including phenoxy) is 1. The highest BCUT2D eigenvalue weighted by Gasteiger charge is 2.25. The van der Waals surface area contributed by atoms with Crippen molar-refractivity contribution in [2.45, 2.75) is 11.4 Å². The molecule has 0 aromatic heterocycles. The summed E-state index contributed by atoms with van der Waals surface area (Å²) in [7, 11) is 1.61. The van der Waals surface area contributed by atoms with Crippen molar-refractivity contribution >= 4 is 18.0 Å². The Morgan fingerprint density at radius 2 is 1.27 bits per heavy atom. The lowest BCUT2D eigenvalue weighted by Crippen LogP contribution is -2.11. The third kappa shape index (κ3) is 5.45. The Bertz CT molecular complexity index is 1140. The quantitative estimate of drug-likeness (QED) is 0.277. The van der Waals surface area contributed by atoms with Gasteiger partial charge in [0.25, 0.3) is 0 Å². The van der Waals surface area contributed by atoms with Crippen molar-refractivity contribution in [2.24, 2.45) is 0 Å². The molecule has 0 saturated heterocycles. The van der Waals surface area contributed by atoms with Crippen LogP contribution in [0.2, 0.25) is 0 Å². The van der Waals surface area contributed by atoms with Gasteiger partial charge in [0, 0.05) is 17.6 Å². The Balaban J connectivity index is 1.72. The highest BCUT2D eigenvalue weighted by Crippen LogP contribution is 2.42. The van der Waals surface area contributed by atoms with Gasteiger partial charge in [0.15, 0.2) is 0 Å². The first-order chi connectivity index (χ1) is 16.2. The van der Waals surface area contributed by atoms with Crippen LogP contribution in [-0.2, 0) is 4.18 Å². The standard InChI is InChI=1S/C28H24O4S/c1-31-23-18-16-20(17-19-23)26(24-14-8-9-15-25(24)28(29)30)32-33-27(21-10-4-2-5-11-21)22-12-6-3-7-13-22/h2-19,26-27H,1H3,(H,29,30). The smallest absolute Gasteiger partial charge is 0.336 e.